The molecule has 0 atom stereocenters. The zero-order valence-electron chi connectivity index (χ0n) is 6.49. The third kappa shape index (κ3) is 8.28. The van der Waals surface area contributed by atoms with Gasteiger partial charge in [-0.25, -0.2) is 0 Å². The lowest BCUT2D eigenvalue weighted by Gasteiger charge is -2.26. The SMILES string of the molecule is [Al].[O-]CCN(CC[O-])CC[O-]. The van der Waals surface area contributed by atoms with Crippen molar-refractivity contribution in [2.75, 3.05) is 39.5 Å². The molecule has 0 rings (SSSR count). The van der Waals surface area contributed by atoms with Gasteiger partial charge in [0.05, 0.1) is 0 Å². The maximum atomic E-state index is 10.0. The Morgan fingerprint density at radius 1 is 0.727 bits per heavy atom. The van der Waals surface area contributed by atoms with Crippen LogP contribution in [-0.2, 0) is 0 Å². The van der Waals surface area contributed by atoms with Crippen LogP contribution in [0.15, 0.2) is 0 Å². The lowest BCUT2D eigenvalue weighted by molar-refractivity contribution is -0.386. The van der Waals surface area contributed by atoms with Crippen molar-refractivity contribution in [3.63, 3.8) is 0 Å². The summed E-state index contributed by atoms with van der Waals surface area (Å²) in [6.45, 7) is 0.263. The van der Waals surface area contributed by atoms with Gasteiger partial charge in [-0.3, -0.25) is 0 Å². The molecule has 0 aromatic carbocycles. The van der Waals surface area contributed by atoms with Gasteiger partial charge in [0.25, 0.3) is 0 Å². The van der Waals surface area contributed by atoms with E-state index in [-0.39, 0.29) is 37.2 Å². The molecule has 0 bridgehead atoms. The van der Waals surface area contributed by atoms with Crippen molar-refractivity contribution in [3.05, 3.63) is 0 Å². The predicted molar refractivity (Wildman–Crippen MR) is 36.8 cm³/mol. The summed E-state index contributed by atoms with van der Waals surface area (Å²) < 4.78 is 0. The molecular weight excluding hydrogens is 161 g/mol. The molecule has 11 heavy (non-hydrogen) atoms. The first kappa shape index (κ1) is 13.9. The highest BCUT2D eigenvalue weighted by atomic mass is 27.0. The summed E-state index contributed by atoms with van der Waals surface area (Å²) in [4.78, 5) is 1.60. The van der Waals surface area contributed by atoms with Gasteiger partial charge in [0.2, 0.25) is 0 Å². The van der Waals surface area contributed by atoms with Crippen LogP contribution in [0.25, 0.3) is 0 Å². The number of hydrogen-bond donors (Lipinski definition) is 0. The second-order valence-corrected chi connectivity index (χ2v) is 1.95. The summed E-state index contributed by atoms with van der Waals surface area (Å²) in [6.07, 6.45) is 0. The van der Waals surface area contributed by atoms with Crippen LogP contribution in [0.4, 0.5) is 0 Å². The number of hydrogen-bond acceptors (Lipinski definition) is 4. The van der Waals surface area contributed by atoms with Crippen molar-refractivity contribution in [3.8, 4) is 0 Å². The average molecular weight is 173 g/mol. The van der Waals surface area contributed by atoms with Gasteiger partial charge in [0.1, 0.15) is 0 Å². The molecule has 0 amide bonds. The van der Waals surface area contributed by atoms with Crippen LogP contribution < -0.4 is 15.3 Å². The number of nitrogens with zero attached hydrogens (tertiary/aromatic N) is 1. The molecule has 0 aromatic rings. The normalized spacial score (nSPS) is 9.82. The largest absolute Gasteiger partial charge is 0.854 e. The monoisotopic (exact) mass is 173 g/mol. The molecule has 65 valence electrons. The molecule has 0 spiro atoms. The van der Waals surface area contributed by atoms with E-state index < -0.39 is 0 Å². The van der Waals surface area contributed by atoms with Crippen molar-refractivity contribution in [2.45, 2.75) is 0 Å². The van der Waals surface area contributed by atoms with E-state index in [9.17, 15) is 15.3 Å². The first-order valence-corrected chi connectivity index (χ1v) is 3.31. The molecule has 4 nitrogen and oxygen atoms in total. The molecule has 3 radical (unpaired) electrons. The molecule has 0 aliphatic heterocycles. The molecule has 0 unspecified atom stereocenters. The Hall–Kier alpha value is 0.372. The molecule has 0 N–H and O–H groups in total. The third-order valence-electron chi connectivity index (χ3n) is 1.22. The summed E-state index contributed by atoms with van der Waals surface area (Å²) in [6, 6.07) is 0. The van der Waals surface area contributed by atoms with Gasteiger partial charge in [0, 0.05) is 17.4 Å². The first-order chi connectivity index (χ1) is 4.85. The van der Waals surface area contributed by atoms with Crippen molar-refractivity contribution >= 4 is 17.4 Å². The highest BCUT2D eigenvalue weighted by Gasteiger charge is 1.93. The summed E-state index contributed by atoms with van der Waals surface area (Å²) in [7, 11) is 0. The Kier molecular flexibility index (Phi) is 13.1. The van der Waals surface area contributed by atoms with E-state index in [1.165, 1.54) is 0 Å². The second-order valence-electron chi connectivity index (χ2n) is 1.95. The smallest absolute Gasteiger partial charge is 0 e. The molecule has 0 heterocycles. The van der Waals surface area contributed by atoms with Gasteiger partial charge in [-0.15, -0.1) is 19.8 Å². The van der Waals surface area contributed by atoms with Crippen molar-refractivity contribution in [1.29, 1.82) is 0 Å². The van der Waals surface area contributed by atoms with Crippen LogP contribution in [0.2, 0.25) is 0 Å². The topological polar surface area (TPSA) is 72.4 Å². The van der Waals surface area contributed by atoms with E-state index in [0.717, 1.165) is 0 Å². The van der Waals surface area contributed by atoms with Crippen LogP contribution in [0.1, 0.15) is 0 Å². The zero-order valence-corrected chi connectivity index (χ0v) is 7.65. The Labute approximate surface area is 77.6 Å². The molecule has 0 saturated heterocycles. The Bertz CT molecular complexity index is 60.6. The average Bonchev–Trinajstić information content (AvgIpc) is 1.90. The Balaban J connectivity index is 0. The lowest BCUT2D eigenvalue weighted by Crippen LogP contribution is -2.39. The first-order valence-electron chi connectivity index (χ1n) is 3.31. The maximum Gasteiger partial charge on any atom is 0 e. The summed E-state index contributed by atoms with van der Waals surface area (Å²) in [5.74, 6) is 0. The quantitative estimate of drug-likeness (QED) is 0.384. The van der Waals surface area contributed by atoms with Gasteiger partial charge in [-0.05, 0) is 19.6 Å². The van der Waals surface area contributed by atoms with Gasteiger partial charge in [-0.1, -0.05) is 0 Å². The highest BCUT2D eigenvalue weighted by Crippen LogP contribution is 1.81. The van der Waals surface area contributed by atoms with E-state index in [1.807, 2.05) is 0 Å². The van der Waals surface area contributed by atoms with Crippen LogP contribution in [0.3, 0.4) is 0 Å². The Morgan fingerprint density at radius 3 is 1.18 bits per heavy atom. The summed E-state index contributed by atoms with van der Waals surface area (Å²) >= 11 is 0. The van der Waals surface area contributed by atoms with E-state index in [4.69, 9.17) is 0 Å². The van der Waals surface area contributed by atoms with E-state index >= 15 is 0 Å². The minimum absolute atomic E-state index is 0. The third-order valence-corrected chi connectivity index (χ3v) is 1.22. The van der Waals surface area contributed by atoms with Crippen LogP contribution >= 0.6 is 0 Å². The Morgan fingerprint density at radius 2 is 1.00 bits per heavy atom. The highest BCUT2D eigenvalue weighted by molar-refractivity contribution is 5.75. The number of rotatable bonds is 6. The molecule has 0 fully saturated rings. The standard InChI is InChI=1S/C6H12NO3.Al/c8-4-1-7(2-5-9)3-6-10;/h1-6H2;/q-3;. The fourth-order valence-electron chi connectivity index (χ4n) is 0.723. The summed E-state index contributed by atoms with van der Waals surface area (Å²) in [5, 5.41) is 30.1. The molecule has 0 aliphatic rings. The summed E-state index contributed by atoms with van der Waals surface area (Å²) in [5.41, 5.74) is 0. The molecule has 0 aromatic heterocycles. The van der Waals surface area contributed by atoms with Crippen LogP contribution in [0.5, 0.6) is 0 Å². The zero-order chi connectivity index (χ0) is 7.82. The second kappa shape index (κ2) is 10.4. The molecule has 0 aliphatic carbocycles. The van der Waals surface area contributed by atoms with Crippen molar-refractivity contribution in [1.82, 2.24) is 4.90 Å². The van der Waals surface area contributed by atoms with Crippen LogP contribution in [0, 0.1) is 0 Å². The van der Waals surface area contributed by atoms with E-state index in [2.05, 4.69) is 0 Å². The van der Waals surface area contributed by atoms with Gasteiger partial charge in [-0.2, -0.15) is 0 Å². The fourth-order valence-corrected chi connectivity index (χ4v) is 0.723. The minimum atomic E-state index is -0.236. The van der Waals surface area contributed by atoms with Crippen molar-refractivity contribution in [2.24, 2.45) is 0 Å². The maximum absolute atomic E-state index is 10.0. The van der Waals surface area contributed by atoms with Crippen molar-refractivity contribution < 1.29 is 15.3 Å². The lowest BCUT2D eigenvalue weighted by atomic mass is 10.4. The minimum Gasteiger partial charge on any atom is -0.854 e. The van der Waals surface area contributed by atoms with Gasteiger partial charge >= 0.3 is 0 Å². The fraction of sp³-hybridized carbons (Fsp3) is 1.00. The molecule has 0 saturated carbocycles. The van der Waals surface area contributed by atoms with Crippen LogP contribution in [-0.4, -0.2) is 61.7 Å². The van der Waals surface area contributed by atoms with Gasteiger partial charge in [0.15, 0.2) is 0 Å². The van der Waals surface area contributed by atoms with Gasteiger partial charge < -0.3 is 20.2 Å². The molecular formula is C6H12AlNO3-3. The van der Waals surface area contributed by atoms with E-state index in [0.29, 0.717) is 19.6 Å². The predicted octanol–water partition coefficient (Wildman–Crippen LogP) is -4.01. The molecule has 5 heteroatoms. The van der Waals surface area contributed by atoms with E-state index in [1.54, 1.807) is 4.90 Å².